The molecule has 0 N–H and O–H groups in total. The molecule has 0 spiro atoms. The van der Waals surface area contributed by atoms with Crippen LogP contribution in [0, 0.1) is 5.82 Å². The molecule has 4 nitrogen and oxygen atoms in total. The molecule has 3 rings (SSSR count). The van der Waals surface area contributed by atoms with Gasteiger partial charge in [-0.1, -0.05) is 26.0 Å². The fraction of sp³-hybridized carbons (Fsp3) is 0.412. The van der Waals surface area contributed by atoms with Gasteiger partial charge in [0, 0.05) is 12.5 Å². The van der Waals surface area contributed by atoms with E-state index in [1.165, 1.54) is 18.5 Å². The zero-order valence-corrected chi connectivity index (χ0v) is 12.8. The normalized spacial score (nSPS) is 18.2. The monoisotopic (exact) mass is 302 g/mol. The van der Waals surface area contributed by atoms with Crippen LogP contribution >= 0.6 is 0 Å². The van der Waals surface area contributed by atoms with Crippen molar-refractivity contribution < 1.29 is 13.6 Å². The molecule has 5 heteroatoms. The number of amides is 1. The van der Waals surface area contributed by atoms with Gasteiger partial charge in [-0.2, -0.15) is 0 Å². The molecule has 0 unspecified atom stereocenters. The number of carbonyl (C=O) groups is 1. The predicted molar refractivity (Wildman–Crippen MR) is 80.0 cm³/mol. The first-order chi connectivity index (χ1) is 10.6. The van der Waals surface area contributed by atoms with E-state index in [2.05, 4.69) is 4.98 Å². The Bertz CT molecular complexity index is 664. The van der Waals surface area contributed by atoms with E-state index in [0.29, 0.717) is 18.0 Å². The number of benzene rings is 1. The third-order valence-corrected chi connectivity index (χ3v) is 4.09. The summed E-state index contributed by atoms with van der Waals surface area (Å²) in [6.45, 7) is 4.63. The minimum Gasteiger partial charge on any atom is -0.447 e. The Balaban J connectivity index is 1.88. The van der Waals surface area contributed by atoms with E-state index in [1.807, 2.05) is 18.7 Å². The summed E-state index contributed by atoms with van der Waals surface area (Å²) < 4.78 is 18.4. The van der Waals surface area contributed by atoms with Gasteiger partial charge in [-0.15, -0.1) is 0 Å². The first-order valence-corrected chi connectivity index (χ1v) is 7.57. The Morgan fingerprint density at radius 2 is 2.09 bits per heavy atom. The number of oxazole rings is 1. The molecular formula is C17H19FN2O2. The Labute approximate surface area is 129 Å². The highest BCUT2D eigenvalue weighted by molar-refractivity contribution is 5.93. The summed E-state index contributed by atoms with van der Waals surface area (Å²) in [6, 6.07) is 6.35. The third-order valence-electron chi connectivity index (χ3n) is 4.09. The standard InChI is InChI=1S/C17H19FN2O2/c1-11(2)16-15(19-10-22-16)17(21)20-9-3-4-14(20)12-5-7-13(18)8-6-12/h5-8,10-11,14H,3-4,9H2,1-2H3/t14-/m1/s1. The largest absolute Gasteiger partial charge is 0.447 e. The highest BCUT2D eigenvalue weighted by atomic mass is 19.1. The predicted octanol–water partition coefficient (Wildman–Crippen LogP) is 3.91. The van der Waals surface area contributed by atoms with Gasteiger partial charge in [-0.05, 0) is 30.5 Å². The Kier molecular flexibility index (Phi) is 3.96. The summed E-state index contributed by atoms with van der Waals surface area (Å²) in [7, 11) is 0. The molecule has 1 aromatic carbocycles. The third kappa shape index (κ3) is 2.63. The zero-order chi connectivity index (χ0) is 15.7. The number of hydrogen-bond acceptors (Lipinski definition) is 3. The maximum absolute atomic E-state index is 13.1. The van der Waals surface area contributed by atoms with Crippen LogP contribution in [0.5, 0.6) is 0 Å². The molecule has 2 heterocycles. The molecule has 1 fully saturated rings. The van der Waals surface area contributed by atoms with Gasteiger partial charge in [0.25, 0.3) is 5.91 Å². The maximum atomic E-state index is 13.1. The van der Waals surface area contributed by atoms with Gasteiger partial charge < -0.3 is 9.32 Å². The minimum atomic E-state index is -0.266. The van der Waals surface area contributed by atoms with Gasteiger partial charge in [0.15, 0.2) is 12.1 Å². The summed E-state index contributed by atoms with van der Waals surface area (Å²) in [4.78, 5) is 18.7. The Morgan fingerprint density at radius 1 is 1.36 bits per heavy atom. The summed E-state index contributed by atoms with van der Waals surface area (Å²) in [5.74, 6) is 0.352. The van der Waals surface area contributed by atoms with Crippen molar-refractivity contribution in [2.75, 3.05) is 6.54 Å². The van der Waals surface area contributed by atoms with Crippen LogP contribution in [-0.4, -0.2) is 22.3 Å². The van der Waals surface area contributed by atoms with Gasteiger partial charge >= 0.3 is 0 Å². The van der Waals surface area contributed by atoms with Crippen molar-refractivity contribution in [3.8, 4) is 0 Å². The number of carbonyl (C=O) groups excluding carboxylic acids is 1. The second kappa shape index (κ2) is 5.91. The molecule has 22 heavy (non-hydrogen) atoms. The van der Waals surface area contributed by atoms with Crippen molar-refractivity contribution in [1.29, 1.82) is 0 Å². The van der Waals surface area contributed by atoms with E-state index in [0.717, 1.165) is 18.4 Å². The van der Waals surface area contributed by atoms with Gasteiger partial charge in [-0.25, -0.2) is 9.37 Å². The van der Waals surface area contributed by atoms with Crippen LogP contribution in [0.4, 0.5) is 4.39 Å². The van der Waals surface area contributed by atoms with E-state index in [1.54, 1.807) is 12.1 Å². The van der Waals surface area contributed by atoms with Crippen molar-refractivity contribution in [1.82, 2.24) is 9.88 Å². The number of likely N-dealkylation sites (tertiary alicyclic amines) is 1. The maximum Gasteiger partial charge on any atom is 0.276 e. The van der Waals surface area contributed by atoms with Crippen molar-refractivity contribution >= 4 is 5.91 Å². The lowest BCUT2D eigenvalue weighted by Crippen LogP contribution is -2.31. The molecule has 1 aromatic heterocycles. The van der Waals surface area contributed by atoms with E-state index in [-0.39, 0.29) is 23.7 Å². The minimum absolute atomic E-state index is 0.0233. The van der Waals surface area contributed by atoms with Crippen LogP contribution in [0.2, 0.25) is 0 Å². The average molecular weight is 302 g/mol. The SMILES string of the molecule is CC(C)c1ocnc1C(=O)N1CCC[C@@H]1c1ccc(F)cc1. The van der Waals surface area contributed by atoms with Crippen LogP contribution in [0.25, 0.3) is 0 Å². The topological polar surface area (TPSA) is 46.3 Å². The Morgan fingerprint density at radius 3 is 2.77 bits per heavy atom. The summed E-state index contributed by atoms with van der Waals surface area (Å²) >= 11 is 0. The molecule has 0 bridgehead atoms. The van der Waals surface area contributed by atoms with Gasteiger partial charge in [-0.3, -0.25) is 4.79 Å². The van der Waals surface area contributed by atoms with Gasteiger partial charge in [0.2, 0.25) is 0 Å². The molecule has 1 amide bonds. The number of halogens is 1. The fourth-order valence-corrected chi connectivity index (χ4v) is 3.00. The van der Waals surface area contributed by atoms with E-state index < -0.39 is 0 Å². The van der Waals surface area contributed by atoms with Gasteiger partial charge in [0.05, 0.1) is 6.04 Å². The molecular weight excluding hydrogens is 283 g/mol. The van der Waals surface area contributed by atoms with Crippen LogP contribution in [0.15, 0.2) is 35.1 Å². The first-order valence-electron chi connectivity index (χ1n) is 7.57. The molecule has 1 aliphatic rings. The molecule has 0 aliphatic carbocycles. The van der Waals surface area contributed by atoms with Crippen molar-refractivity contribution in [2.45, 2.75) is 38.6 Å². The first kappa shape index (κ1) is 14.8. The van der Waals surface area contributed by atoms with Crippen molar-refractivity contribution in [2.24, 2.45) is 0 Å². The van der Waals surface area contributed by atoms with Gasteiger partial charge in [0.1, 0.15) is 11.6 Å². The number of aromatic nitrogens is 1. The highest BCUT2D eigenvalue weighted by Crippen LogP contribution is 2.34. The molecule has 0 radical (unpaired) electrons. The number of rotatable bonds is 3. The second-order valence-corrected chi connectivity index (χ2v) is 5.93. The average Bonchev–Trinajstić information content (AvgIpc) is 3.16. The smallest absolute Gasteiger partial charge is 0.276 e. The molecule has 1 atom stereocenters. The van der Waals surface area contributed by atoms with Crippen molar-refractivity contribution in [3.05, 3.63) is 53.5 Å². The highest BCUT2D eigenvalue weighted by Gasteiger charge is 2.33. The summed E-state index contributed by atoms with van der Waals surface area (Å²) in [5.41, 5.74) is 1.35. The van der Waals surface area contributed by atoms with Crippen LogP contribution in [-0.2, 0) is 0 Å². The molecule has 1 saturated heterocycles. The van der Waals surface area contributed by atoms with E-state index >= 15 is 0 Å². The molecule has 0 saturated carbocycles. The molecule has 2 aromatic rings. The summed E-state index contributed by atoms with van der Waals surface area (Å²) in [6.07, 6.45) is 3.14. The van der Waals surface area contributed by atoms with Crippen LogP contribution in [0.3, 0.4) is 0 Å². The van der Waals surface area contributed by atoms with E-state index in [4.69, 9.17) is 4.42 Å². The zero-order valence-electron chi connectivity index (χ0n) is 12.8. The Hall–Kier alpha value is -2.17. The van der Waals surface area contributed by atoms with E-state index in [9.17, 15) is 9.18 Å². The van der Waals surface area contributed by atoms with Crippen LogP contribution in [0.1, 0.15) is 60.5 Å². The van der Waals surface area contributed by atoms with Crippen LogP contribution < -0.4 is 0 Å². The number of nitrogens with zero attached hydrogens (tertiary/aromatic N) is 2. The molecule has 116 valence electrons. The quantitative estimate of drug-likeness (QED) is 0.863. The number of hydrogen-bond donors (Lipinski definition) is 0. The summed E-state index contributed by atoms with van der Waals surface area (Å²) in [5, 5.41) is 0. The second-order valence-electron chi connectivity index (χ2n) is 5.93. The fourth-order valence-electron chi connectivity index (χ4n) is 3.00. The lowest BCUT2D eigenvalue weighted by atomic mass is 10.0. The molecule has 1 aliphatic heterocycles. The van der Waals surface area contributed by atoms with Crippen molar-refractivity contribution in [3.63, 3.8) is 0 Å². The lowest BCUT2D eigenvalue weighted by molar-refractivity contribution is 0.0727. The lowest BCUT2D eigenvalue weighted by Gasteiger charge is -2.24.